The van der Waals surface area contributed by atoms with Crippen LogP contribution in [0.25, 0.3) is 0 Å². The molecule has 0 aliphatic carbocycles. The van der Waals surface area contributed by atoms with Crippen LogP contribution in [-0.4, -0.2) is 26.5 Å². The van der Waals surface area contributed by atoms with Gasteiger partial charge in [0.25, 0.3) is 0 Å². The minimum absolute atomic E-state index is 0.104. The molecule has 0 spiro atoms. The number of hydrogen-bond donors (Lipinski definition) is 1. The van der Waals surface area contributed by atoms with Crippen molar-refractivity contribution in [3.63, 3.8) is 0 Å². The van der Waals surface area contributed by atoms with Gasteiger partial charge in [0, 0.05) is 11.0 Å². The highest BCUT2D eigenvalue weighted by Gasteiger charge is 2.54. The Bertz CT molecular complexity index is 161. The lowest BCUT2D eigenvalue weighted by molar-refractivity contribution is -0.0993. The first kappa shape index (κ1) is 9.74. The predicted molar refractivity (Wildman–Crippen MR) is 45.4 cm³/mol. The quantitative estimate of drug-likeness (QED) is 0.717. The number of thioether (sulfide) groups is 1. The Morgan fingerprint density at radius 3 is 2.45 bits per heavy atom. The fraction of sp³-hybridized carbons (Fsp3) is 1.00. The van der Waals surface area contributed by atoms with Gasteiger partial charge in [-0.3, -0.25) is 0 Å². The molecule has 0 aromatic rings. The van der Waals surface area contributed by atoms with E-state index in [2.05, 4.69) is 15.9 Å². The molecule has 2 atom stereocenters. The molecule has 0 amide bonds. The second-order valence-electron chi connectivity index (χ2n) is 2.86. The summed E-state index contributed by atoms with van der Waals surface area (Å²) in [5, 5.41) is 9.49. The normalized spacial score (nSPS) is 39.5. The highest BCUT2D eigenvalue weighted by Crippen LogP contribution is 2.46. The molecule has 1 heterocycles. The highest BCUT2D eigenvalue weighted by atomic mass is 79.9. The van der Waals surface area contributed by atoms with Crippen LogP contribution < -0.4 is 0 Å². The van der Waals surface area contributed by atoms with Crippen LogP contribution in [0.15, 0.2) is 0 Å². The van der Waals surface area contributed by atoms with E-state index in [-0.39, 0.29) is 17.4 Å². The Balaban J connectivity index is 2.69. The second kappa shape index (κ2) is 2.85. The molecule has 0 bridgehead atoms. The topological polar surface area (TPSA) is 20.2 Å². The first-order valence-electron chi connectivity index (χ1n) is 3.26. The summed E-state index contributed by atoms with van der Waals surface area (Å²) in [4.78, 5) is -3.15. The largest absolute Gasteiger partial charge is 0.382 e. The van der Waals surface area contributed by atoms with Crippen molar-refractivity contribution in [2.75, 3.05) is 5.75 Å². The molecule has 0 aromatic carbocycles. The van der Waals surface area contributed by atoms with Gasteiger partial charge in [-0.25, -0.2) is 0 Å². The smallest absolute Gasteiger partial charge is 0.330 e. The Labute approximate surface area is 76.7 Å². The van der Waals surface area contributed by atoms with Gasteiger partial charge in [-0.1, -0.05) is 6.92 Å². The van der Waals surface area contributed by atoms with Crippen LogP contribution in [0.2, 0.25) is 0 Å². The molecular formula is C6H9BrF2OS. The van der Waals surface area contributed by atoms with Crippen LogP contribution in [0.4, 0.5) is 8.78 Å². The predicted octanol–water partition coefficient (Wildman–Crippen LogP) is 2.23. The van der Waals surface area contributed by atoms with Crippen molar-refractivity contribution in [3.05, 3.63) is 0 Å². The van der Waals surface area contributed by atoms with E-state index in [1.165, 1.54) is 11.8 Å². The lowest BCUT2D eigenvalue weighted by atomic mass is 10.0. The molecule has 1 saturated heterocycles. The Hall–Kier alpha value is 0.650. The zero-order valence-corrected chi connectivity index (χ0v) is 8.38. The summed E-state index contributed by atoms with van der Waals surface area (Å²) in [6.45, 7) is 1.83. The van der Waals surface area contributed by atoms with Crippen LogP contribution in [0.3, 0.4) is 0 Å². The van der Waals surface area contributed by atoms with E-state index in [0.29, 0.717) is 0 Å². The summed E-state index contributed by atoms with van der Waals surface area (Å²) >= 11 is 3.56. The highest BCUT2D eigenvalue weighted by molar-refractivity contribution is 9.10. The van der Waals surface area contributed by atoms with E-state index in [1.54, 1.807) is 0 Å². The van der Waals surface area contributed by atoms with E-state index < -0.39 is 10.4 Å². The Kier molecular flexibility index (Phi) is 2.52. The average molecular weight is 247 g/mol. The molecule has 1 rings (SSSR count). The molecule has 2 unspecified atom stereocenters. The molecule has 11 heavy (non-hydrogen) atoms. The third kappa shape index (κ3) is 1.87. The molecule has 5 heteroatoms. The SMILES string of the molecule is CC1CC(O)(C(F)(F)Br)CS1. The maximum Gasteiger partial charge on any atom is 0.330 e. The van der Waals surface area contributed by atoms with Crippen molar-refractivity contribution in [1.29, 1.82) is 0 Å². The molecule has 1 aliphatic rings. The van der Waals surface area contributed by atoms with E-state index in [9.17, 15) is 13.9 Å². The lowest BCUT2D eigenvalue weighted by Crippen LogP contribution is -2.44. The number of rotatable bonds is 1. The Morgan fingerprint density at radius 2 is 2.27 bits per heavy atom. The summed E-state index contributed by atoms with van der Waals surface area (Å²) in [5.74, 6) is 0.104. The van der Waals surface area contributed by atoms with E-state index in [4.69, 9.17) is 0 Å². The molecule has 1 nitrogen and oxygen atoms in total. The molecule has 1 fully saturated rings. The van der Waals surface area contributed by atoms with Crippen molar-refractivity contribution >= 4 is 27.7 Å². The summed E-state index contributed by atoms with van der Waals surface area (Å²) < 4.78 is 25.3. The molecule has 0 saturated carbocycles. The third-order valence-corrected chi connectivity index (χ3v) is 3.88. The van der Waals surface area contributed by atoms with Crippen molar-refractivity contribution in [1.82, 2.24) is 0 Å². The maximum absolute atomic E-state index is 12.6. The fourth-order valence-corrected chi connectivity index (χ4v) is 2.81. The van der Waals surface area contributed by atoms with Crippen LogP contribution in [0, 0.1) is 0 Å². The first-order chi connectivity index (χ1) is 4.85. The van der Waals surface area contributed by atoms with Gasteiger partial charge in [0.1, 0.15) is 5.60 Å². The van der Waals surface area contributed by atoms with Crippen LogP contribution in [0.1, 0.15) is 13.3 Å². The number of hydrogen-bond acceptors (Lipinski definition) is 2. The van der Waals surface area contributed by atoms with Gasteiger partial charge >= 0.3 is 4.83 Å². The van der Waals surface area contributed by atoms with Gasteiger partial charge in [-0.15, -0.1) is 0 Å². The minimum Gasteiger partial charge on any atom is -0.382 e. The van der Waals surface area contributed by atoms with Crippen LogP contribution >= 0.6 is 27.7 Å². The molecule has 0 aromatic heterocycles. The zero-order valence-electron chi connectivity index (χ0n) is 5.98. The lowest BCUT2D eigenvalue weighted by Gasteiger charge is -2.26. The van der Waals surface area contributed by atoms with E-state index in [1.807, 2.05) is 6.92 Å². The number of alkyl halides is 3. The van der Waals surface area contributed by atoms with Crippen molar-refractivity contribution in [2.45, 2.75) is 29.0 Å². The fourth-order valence-electron chi connectivity index (χ4n) is 1.07. The molecule has 1 aliphatic heterocycles. The van der Waals surface area contributed by atoms with Crippen LogP contribution in [-0.2, 0) is 0 Å². The van der Waals surface area contributed by atoms with Gasteiger partial charge in [0.2, 0.25) is 0 Å². The molecule has 1 N–H and O–H groups in total. The molecule has 0 radical (unpaired) electrons. The van der Waals surface area contributed by atoms with Gasteiger partial charge in [-0.2, -0.15) is 20.5 Å². The van der Waals surface area contributed by atoms with Gasteiger partial charge in [0.05, 0.1) is 0 Å². The number of aliphatic hydroxyl groups is 1. The summed E-state index contributed by atoms with van der Waals surface area (Å²) in [5.41, 5.74) is -1.85. The van der Waals surface area contributed by atoms with E-state index in [0.717, 1.165) is 0 Å². The zero-order chi connectivity index (χ0) is 8.70. The summed E-state index contributed by atoms with van der Waals surface area (Å²) in [7, 11) is 0. The molecule has 66 valence electrons. The average Bonchev–Trinajstić information content (AvgIpc) is 2.10. The minimum atomic E-state index is -3.15. The van der Waals surface area contributed by atoms with E-state index >= 15 is 0 Å². The van der Waals surface area contributed by atoms with Gasteiger partial charge < -0.3 is 5.11 Å². The van der Waals surface area contributed by atoms with Gasteiger partial charge in [-0.05, 0) is 22.4 Å². The van der Waals surface area contributed by atoms with Crippen molar-refractivity contribution in [3.8, 4) is 0 Å². The van der Waals surface area contributed by atoms with Crippen molar-refractivity contribution in [2.24, 2.45) is 0 Å². The third-order valence-electron chi connectivity index (χ3n) is 1.76. The summed E-state index contributed by atoms with van der Waals surface area (Å²) in [6.07, 6.45) is 0.149. The number of halogens is 3. The van der Waals surface area contributed by atoms with Crippen molar-refractivity contribution < 1.29 is 13.9 Å². The maximum atomic E-state index is 12.6. The monoisotopic (exact) mass is 246 g/mol. The van der Waals surface area contributed by atoms with Gasteiger partial charge in [0.15, 0.2) is 0 Å². The first-order valence-corrected chi connectivity index (χ1v) is 5.10. The molecular weight excluding hydrogens is 238 g/mol. The summed E-state index contributed by atoms with van der Waals surface area (Å²) in [6, 6.07) is 0. The standard InChI is InChI=1S/C6H9BrF2OS/c1-4-2-5(10,3-11-4)6(7,8)9/h4,10H,2-3H2,1H3. The second-order valence-corrected chi connectivity index (χ2v) is 5.28. The van der Waals surface area contributed by atoms with Crippen LogP contribution in [0.5, 0.6) is 0 Å². The Morgan fingerprint density at radius 1 is 1.73 bits per heavy atom.